The highest BCUT2D eigenvalue weighted by molar-refractivity contribution is 5.85. The maximum absolute atomic E-state index is 12.0. The molecule has 4 nitrogen and oxygen atoms in total. The Morgan fingerprint density at radius 1 is 1.30 bits per heavy atom. The number of nitrogens with two attached hydrogens (primary N) is 1. The summed E-state index contributed by atoms with van der Waals surface area (Å²) in [6.07, 6.45) is -2.97. The molecule has 1 aromatic rings. The highest BCUT2D eigenvalue weighted by atomic mass is 19.4. The van der Waals surface area contributed by atoms with Crippen LogP contribution < -0.4 is 11.1 Å². The number of nitrogens with one attached hydrogen (secondary N) is 1. The number of carbonyl (C=O) groups is 1. The van der Waals surface area contributed by atoms with Crippen molar-refractivity contribution in [2.45, 2.75) is 51.6 Å². The van der Waals surface area contributed by atoms with Crippen molar-refractivity contribution in [3.63, 3.8) is 0 Å². The van der Waals surface area contributed by atoms with Gasteiger partial charge in [-0.1, -0.05) is 37.6 Å². The molecule has 1 aromatic carbocycles. The number of carbonyl (C=O) groups excluding carboxylic acids is 1. The van der Waals surface area contributed by atoms with Crippen molar-refractivity contribution in [3.05, 3.63) is 35.4 Å². The second-order valence-corrected chi connectivity index (χ2v) is 5.78. The van der Waals surface area contributed by atoms with Gasteiger partial charge in [0.15, 0.2) is 0 Å². The average Bonchev–Trinajstić information content (AvgIpc) is 2.43. The van der Waals surface area contributed by atoms with Gasteiger partial charge < -0.3 is 15.8 Å². The maximum atomic E-state index is 12.0. The lowest BCUT2D eigenvalue weighted by Gasteiger charge is -2.22. The molecular weight excluding hydrogens is 309 g/mol. The number of amides is 1. The topological polar surface area (TPSA) is 64.4 Å². The van der Waals surface area contributed by atoms with Crippen molar-refractivity contribution in [1.29, 1.82) is 0 Å². The highest BCUT2D eigenvalue weighted by Gasteiger charge is 2.27. The predicted molar refractivity (Wildman–Crippen MR) is 81.5 cm³/mol. The zero-order chi connectivity index (χ0) is 17.5. The summed E-state index contributed by atoms with van der Waals surface area (Å²) in [4.78, 5) is 12.0. The first-order valence-electron chi connectivity index (χ1n) is 7.43. The van der Waals surface area contributed by atoms with E-state index in [0.717, 1.165) is 12.0 Å². The number of halogens is 3. The lowest BCUT2D eigenvalue weighted by Crippen LogP contribution is -2.51. The molecule has 23 heavy (non-hydrogen) atoms. The lowest BCUT2D eigenvalue weighted by atomic mass is 9.96. The van der Waals surface area contributed by atoms with Crippen LogP contribution in [0.3, 0.4) is 0 Å². The van der Waals surface area contributed by atoms with Crippen LogP contribution >= 0.6 is 0 Å². The Morgan fingerprint density at radius 3 is 2.57 bits per heavy atom. The standard InChI is InChI=1S/C16H23F3N2O2/c1-3-7-15(2,20)14(22)21-9-12-5-4-6-13(8-12)10-23-11-16(17,18)19/h4-6,8H,3,7,9-11,20H2,1-2H3,(H,21,22). The van der Waals surface area contributed by atoms with Crippen molar-refractivity contribution in [1.82, 2.24) is 5.32 Å². The Labute approximate surface area is 134 Å². The molecule has 0 aliphatic carbocycles. The molecule has 0 spiro atoms. The van der Waals surface area contributed by atoms with Crippen molar-refractivity contribution in [2.24, 2.45) is 5.73 Å². The molecule has 0 fully saturated rings. The zero-order valence-electron chi connectivity index (χ0n) is 13.4. The fourth-order valence-electron chi connectivity index (χ4n) is 2.13. The molecule has 1 unspecified atom stereocenters. The van der Waals surface area contributed by atoms with Gasteiger partial charge in [-0.3, -0.25) is 4.79 Å². The van der Waals surface area contributed by atoms with E-state index in [4.69, 9.17) is 5.73 Å². The third kappa shape index (κ3) is 7.47. The molecule has 1 amide bonds. The maximum Gasteiger partial charge on any atom is 0.411 e. The minimum Gasteiger partial charge on any atom is -0.367 e. The first kappa shape index (κ1) is 19.4. The molecule has 1 atom stereocenters. The van der Waals surface area contributed by atoms with Crippen LogP contribution in [0.5, 0.6) is 0 Å². The van der Waals surface area contributed by atoms with Gasteiger partial charge in [0.05, 0.1) is 12.1 Å². The van der Waals surface area contributed by atoms with Gasteiger partial charge in [0.1, 0.15) is 6.61 Å². The van der Waals surface area contributed by atoms with E-state index in [-0.39, 0.29) is 19.1 Å². The summed E-state index contributed by atoms with van der Waals surface area (Å²) in [5.41, 5.74) is 6.40. The van der Waals surface area contributed by atoms with Crippen LogP contribution in [0.4, 0.5) is 13.2 Å². The van der Waals surface area contributed by atoms with E-state index in [1.165, 1.54) is 0 Å². The summed E-state index contributed by atoms with van der Waals surface area (Å²) >= 11 is 0. The van der Waals surface area contributed by atoms with E-state index >= 15 is 0 Å². The Bertz CT molecular complexity index is 516. The molecule has 0 bridgehead atoms. The van der Waals surface area contributed by atoms with Crippen LogP contribution in [0.1, 0.15) is 37.8 Å². The largest absolute Gasteiger partial charge is 0.411 e. The van der Waals surface area contributed by atoms with Gasteiger partial charge in [0.2, 0.25) is 5.91 Å². The molecule has 0 aromatic heterocycles. The fraction of sp³-hybridized carbons (Fsp3) is 0.562. The molecule has 0 heterocycles. The van der Waals surface area contributed by atoms with Gasteiger partial charge in [-0.15, -0.1) is 0 Å². The average molecular weight is 332 g/mol. The Balaban J connectivity index is 2.52. The van der Waals surface area contributed by atoms with E-state index in [1.807, 2.05) is 6.92 Å². The molecule has 3 N–H and O–H groups in total. The van der Waals surface area contributed by atoms with Crippen LogP contribution in [0.15, 0.2) is 24.3 Å². The van der Waals surface area contributed by atoms with Gasteiger partial charge in [0.25, 0.3) is 0 Å². The molecule has 1 rings (SSSR count). The molecule has 0 aliphatic heterocycles. The number of ether oxygens (including phenoxy) is 1. The van der Waals surface area contributed by atoms with E-state index in [9.17, 15) is 18.0 Å². The van der Waals surface area contributed by atoms with Gasteiger partial charge in [-0.2, -0.15) is 13.2 Å². The first-order valence-corrected chi connectivity index (χ1v) is 7.43. The van der Waals surface area contributed by atoms with Crippen molar-refractivity contribution in [2.75, 3.05) is 6.61 Å². The second-order valence-electron chi connectivity index (χ2n) is 5.78. The number of benzene rings is 1. The summed E-state index contributed by atoms with van der Waals surface area (Å²) in [6, 6.07) is 6.86. The summed E-state index contributed by atoms with van der Waals surface area (Å²) in [6.45, 7) is 2.47. The SMILES string of the molecule is CCCC(C)(N)C(=O)NCc1cccc(COCC(F)(F)F)c1. The molecule has 7 heteroatoms. The number of rotatable bonds is 8. The quantitative estimate of drug-likeness (QED) is 0.769. The fourth-order valence-corrected chi connectivity index (χ4v) is 2.13. The minimum absolute atomic E-state index is 0.133. The Morgan fingerprint density at radius 2 is 1.96 bits per heavy atom. The van der Waals surface area contributed by atoms with Crippen molar-refractivity contribution < 1.29 is 22.7 Å². The van der Waals surface area contributed by atoms with Gasteiger partial charge in [-0.25, -0.2) is 0 Å². The lowest BCUT2D eigenvalue weighted by molar-refractivity contribution is -0.176. The monoisotopic (exact) mass is 332 g/mol. The van der Waals surface area contributed by atoms with E-state index in [2.05, 4.69) is 10.1 Å². The molecular formula is C16H23F3N2O2. The van der Waals surface area contributed by atoms with Crippen LogP contribution in [0.25, 0.3) is 0 Å². The van der Waals surface area contributed by atoms with Crippen LogP contribution in [0.2, 0.25) is 0 Å². The van der Waals surface area contributed by atoms with Gasteiger partial charge >= 0.3 is 6.18 Å². The predicted octanol–water partition coefficient (Wildman–Crippen LogP) is 2.90. The summed E-state index contributed by atoms with van der Waals surface area (Å²) in [5, 5.41) is 2.75. The summed E-state index contributed by atoms with van der Waals surface area (Å²) in [5.74, 6) is -0.252. The number of alkyl halides is 3. The van der Waals surface area contributed by atoms with Crippen molar-refractivity contribution in [3.8, 4) is 0 Å². The summed E-state index contributed by atoms with van der Waals surface area (Å²) < 4.78 is 40.7. The molecule has 0 radical (unpaired) electrons. The smallest absolute Gasteiger partial charge is 0.367 e. The van der Waals surface area contributed by atoms with Crippen LogP contribution in [0, 0.1) is 0 Å². The van der Waals surface area contributed by atoms with Gasteiger partial charge in [-0.05, 0) is 24.5 Å². The van der Waals surface area contributed by atoms with E-state index in [0.29, 0.717) is 12.0 Å². The van der Waals surface area contributed by atoms with Crippen LogP contribution in [-0.4, -0.2) is 24.2 Å². The first-order chi connectivity index (χ1) is 10.6. The summed E-state index contributed by atoms with van der Waals surface area (Å²) in [7, 11) is 0. The molecule has 0 saturated carbocycles. The van der Waals surface area contributed by atoms with E-state index in [1.54, 1.807) is 31.2 Å². The number of hydrogen-bond acceptors (Lipinski definition) is 3. The molecule has 0 aliphatic rings. The van der Waals surface area contributed by atoms with Crippen LogP contribution in [-0.2, 0) is 22.7 Å². The normalized spacial score (nSPS) is 14.3. The van der Waals surface area contributed by atoms with Crippen molar-refractivity contribution >= 4 is 5.91 Å². The zero-order valence-corrected chi connectivity index (χ0v) is 13.4. The molecule has 0 saturated heterocycles. The number of hydrogen-bond donors (Lipinski definition) is 2. The highest BCUT2D eigenvalue weighted by Crippen LogP contribution is 2.16. The third-order valence-electron chi connectivity index (χ3n) is 3.27. The van der Waals surface area contributed by atoms with E-state index < -0.39 is 18.3 Å². The van der Waals surface area contributed by atoms with Gasteiger partial charge in [0, 0.05) is 6.54 Å². The molecule has 130 valence electrons. The Kier molecular flexibility index (Phi) is 7.02. The minimum atomic E-state index is -4.34. The second kappa shape index (κ2) is 8.31. The third-order valence-corrected chi connectivity index (χ3v) is 3.27. The Hall–Kier alpha value is -1.60.